The minimum atomic E-state index is 0.183. The molecular formula is C17H21NO2. The van der Waals surface area contributed by atoms with E-state index in [1.165, 1.54) is 5.56 Å². The van der Waals surface area contributed by atoms with E-state index in [4.69, 9.17) is 4.74 Å². The van der Waals surface area contributed by atoms with E-state index in [-0.39, 0.29) is 5.75 Å². The Hall–Kier alpha value is -2.16. The summed E-state index contributed by atoms with van der Waals surface area (Å²) in [6.07, 6.45) is 1.05. The van der Waals surface area contributed by atoms with Crippen molar-refractivity contribution in [3.05, 3.63) is 53.6 Å². The Labute approximate surface area is 120 Å². The molecule has 2 N–H and O–H groups in total. The molecule has 0 aromatic heterocycles. The van der Waals surface area contributed by atoms with Crippen LogP contribution in [0.3, 0.4) is 0 Å². The lowest BCUT2D eigenvalue weighted by atomic mass is 10.1. The number of anilines is 1. The van der Waals surface area contributed by atoms with Crippen LogP contribution in [0.4, 0.5) is 5.69 Å². The molecule has 0 amide bonds. The van der Waals surface area contributed by atoms with Gasteiger partial charge in [0.2, 0.25) is 0 Å². The van der Waals surface area contributed by atoms with Gasteiger partial charge < -0.3 is 15.2 Å². The molecule has 0 aliphatic rings. The highest BCUT2D eigenvalue weighted by Crippen LogP contribution is 2.27. The summed E-state index contributed by atoms with van der Waals surface area (Å²) in [7, 11) is 0. The molecule has 20 heavy (non-hydrogen) atoms. The minimum Gasteiger partial charge on any atom is -0.504 e. The van der Waals surface area contributed by atoms with Crippen molar-refractivity contribution in [3.63, 3.8) is 0 Å². The van der Waals surface area contributed by atoms with Gasteiger partial charge in [0.25, 0.3) is 0 Å². The van der Waals surface area contributed by atoms with Crippen LogP contribution in [0.15, 0.2) is 42.5 Å². The Kier molecular flexibility index (Phi) is 4.88. The second-order valence-electron chi connectivity index (χ2n) is 4.64. The van der Waals surface area contributed by atoms with Gasteiger partial charge in [-0.15, -0.1) is 0 Å². The van der Waals surface area contributed by atoms with Gasteiger partial charge in [0, 0.05) is 12.2 Å². The molecule has 0 aliphatic carbocycles. The van der Waals surface area contributed by atoms with Gasteiger partial charge in [-0.25, -0.2) is 0 Å². The van der Waals surface area contributed by atoms with E-state index in [9.17, 15) is 5.11 Å². The van der Waals surface area contributed by atoms with Gasteiger partial charge in [-0.3, -0.25) is 0 Å². The Morgan fingerprint density at radius 3 is 2.35 bits per heavy atom. The molecular weight excluding hydrogens is 250 g/mol. The Morgan fingerprint density at radius 1 is 1.00 bits per heavy atom. The van der Waals surface area contributed by atoms with Crippen LogP contribution < -0.4 is 10.1 Å². The van der Waals surface area contributed by atoms with Crippen LogP contribution in [0.2, 0.25) is 0 Å². The predicted octanol–water partition coefficient (Wildman–Crippen LogP) is 3.97. The zero-order valence-electron chi connectivity index (χ0n) is 12.0. The number of hydrogen-bond acceptors (Lipinski definition) is 3. The van der Waals surface area contributed by atoms with Crippen LogP contribution in [0, 0.1) is 0 Å². The van der Waals surface area contributed by atoms with E-state index in [0.29, 0.717) is 18.9 Å². The van der Waals surface area contributed by atoms with Crippen molar-refractivity contribution in [2.24, 2.45) is 0 Å². The molecule has 0 unspecified atom stereocenters. The fourth-order valence-electron chi connectivity index (χ4n) is 2.00. The van der Waals surface area contributed by atoms with Gasteiger partial charge in [0.1, 0.15) is 0 Å². The summed E-state index contributed by atoms with van der Waals surface area (Å²) in [6, 6.07) is 13.9. The molecule has 2 rings (SSSR count). The highest BCUT2D eigenvalue weighted by Gasteiger charge is 2.03. The Morgan fingerprint density at radius 2 is 1.70 bits per heavy atom. The van der Waals surface area contributed by atoms with Crippen molar-refractivity contribution in [3.8, 4) is 11.5 Å². The molecule has 0 saturated carbocycles. The lowest BCUT2D eigenvalue weighted by Crippen LogP contribution is -2.00. The van der Waals surface area contributed by atoms with Crippen LogP contribution in [0.25, 0.3) is 0 Å². The van der Waals surface area contributed by atoms with Crippen molar-refractivity contribution in [1.82, 2.24) is 0 Å². The molecule has 0 aliphatic heterocycles. The topological polar surface area (TPSA) is 41.5 Å². The molecule has 2 aromatic rings. The van der Waals surface area contributed by atoms with E-state index in [2.05, 4.69) is 36.5 Å². The van der Waals surface area contributed by atoms with Gasteiger partial charge in [-0.1, -0.05) is 25.1 Å². The summed E-state index contributed by atoms with van der Waals surface area (Å²) < 4.78 is 5.38. The van der Waals surface area contributed by atoms with E-state index in [0.717, 1.165) is 17.7 Å². The molecule has 0 radical (unpaired) electrons. The number of hydrogen-bond donors (Lipinski definition) is 2. The first kappa shape index (κ1) is 14.3. The number of phenols is 1. The van der Waals surface area contributed by atoms with Gasteiger partial charge >= 0.3 is 0 Å². The average molecular weight is 271 g/mol. The van der Waals surface area contributed by atoms with Crippen molar-refractivity contribution < 1.29 is 9.84 Å². The second-order valence-corrected chi connectivity index (χ2v) is 4.64. The molecule has 0 atom stereocenters. The third-order valence-electron chi connectivity index (χ3n) is 3.18. The van der Waals surface area contributed by atoms with Crippen molar-refractivity contribution in [2.75, 3.05) is 11.9 Å². The van der Waals surface area contributed by atoms with E-state index in [1.54, 1.807) is 6.07 Å². The standard InChI is InChI=1S/C17H21NO2/c1-3-13-5-8-15(9-6-13)18-12-14-7-10-16(19)17(11-14)20-4-2/h5-11,18-19H,3-4,12H2,1-2H3. The van der Waals surface area contributed by atoms with Crippen LogP contribution >= 0.6 is 0 Å². The van der Waals surface area contributed by atoms with Crippen molar-refractivity contribution >= 4 is 5.69 Å². The summed E-state index contributed by atoms with van der Waals surface area (Å²) in [6.45, 7) is 5.29. The predicted molar refractivity (Wildman–Crippen MR) is 82.4 cm³/mol. The monoisotopic (exact) mass is 271 g/mol. The zero-order valence-corrected chi connectivity index (χ0v) is 12.0. The number of nitrogens with one attached hydrogen (secondary N) is 1. The largest absolute Gasteiger partial charge is 0.504 e. The van der Waals surface area contributed by atoms with Crippen LogP contribution in [0.5, 0.6) is 11.5 Å². The Bertz CT molecular complexity index is 549. The number of benzene rings is 2. The van der Waals surface area contributed by atoms with Crippen LogP contribution in [0.1, 0.15) is 25.0 Å². The average Bonchev–Trinajstić information content (AvgIpc) is 2.49. The van der Waals surface area contributed by atoms with Gasteiger partial charge in [0.15, 0.2) is 11.5 Å². The summed E-state index contributed by atoms with van der Waals surface area (Å²) in [4.78, 5) is 0. The molecule has 106 valence electrons. The molecule has 0 saturated heterocycles. The number of aromatic hydroxyl groups is 1. The zero-order chi connectivity index (χ0) is 14.4. The fourth-order valence-corrected chi connectivity index (χ4v) is 2.00. The van der Waals surface area contributed by atoms with Crippen molar-refractivity contribution in [2.45, 2.75) is 26.8 Å². The first-order valence-corrected chi connectivity index (χ1v) is 7.00. The molecule has 0 spiro atoms. The maximum Gasteiger partial charge on any atom is 0.161 e. The normalized spacial score (nSPS) is 10.3. The number of rotatable bonds is 6. The third kappa shape index (κ3) is 3.67. The van der Waals surface area contributed by atoms with Crippen LogP contribution in [-0.4, -0.2) is 11.7 Å². The van der Waals surface area contributed by atoms with Gasteiger partial charge in [-0.2, -0.15) is 0 Å². The first-order chi connectivity index (χ1) is 9.72. The van der Waals surface area contributed by atoms with E-state index < -0.39 is 0 Å². The van der Waals surface area contributed by atoms with Crippen LogP contribution in [-0.2, 0) is 13.0 Å². The Balaban J connectivity index is 2.00. The maximum absolute atomic E-state index is 9.66. The summed E-state index contributed by atoms with van der Waals surface area (Å²) in [5, 5.41) is 13.0. The summed E-state index contributed by atoms with van der Waals surface area (Å²) in [5.41, 5.74) is 3.50. The van der Waals surface area contributed by atoms with Gasteiger partial charge in [-0.05, 0) is 48.7 Å². The number of aryl methyl sites for hydroxylation is 1. The summed E-state index contributed by atoms with van der Waals surface area (Å²) >= 11 is 0. The molecule has 0 heterocycles. The second kappa shape index (κ2) is 6.85. The van der Waals surface area contributed by atoms with E-state index in [1.807, 2.05) is 19.1 Å². The molecule has 0 fully saturated rings. The fraction of sp³-hybridized carbons (Fsp3) is 0.294. The molecule has 0 bridgehead atoms. The lowest BCUT2D eigenvalue weighted by Gasteiger charge is -2.10. The molecule has 3 nitrogen and oxygen atoms in total. The highest BCUT2D eigenvalue weighted by molar-refractivity contribution is 5.47. The smallest absolute Gasteiger partial charge is 0.161 e. The number of phenolic OH excluding ortho intramolecular Hbond substituents is 1. The highest BCUT2D eigenvalue weighted by atomic mass is 16.5. The molecule has 3 heteroatoms. The maximum atomic E-state index is 9.66. The third-order valence-corrected chi connectivity index (χ3v) is 3.18. The molecule has 2 aromatic carbocycles. The lowest BCUT2D eigenvalue weighted by molar-refractivity contribution is 0.318. The van der Waals surface area contributed by atoms with Crippen molar-refractivity contribution in [1.29, 1.82) is 0 Å². The number of ether oxygens (including phenoxy) is 1. The van der Waals surface area contributed by atoms with E-state index >= 15 is 0 Å². The summed E-state index contributed by atoms with van der Waals surface area (Å²) in [5.74, 6) is 0.719. The van der Waals surface area contributed by atoms with Gasteiger partial charge in [0.05, 0.1) is 6.61 Å². The SMILES string of the molecule is CCOc1cc(CNc2ccc(CC)cc2)ccc1O. The quantitative estimate of drug-likeness (QED) is 0.835. The minimum absolute atomic E-state index is 0.183. The first-order valence-electron chi connectivity index (χ1n) is 7.00.